The summed E-state index contributed by atoms with van der Waals surface area (Å²) in [6.45, 7) is 1.93. The number of ether oxygens (including phenoxy) is 1. The highest BCUT2D eigenvalue weighted by molar-refractivity contribution is 6.44. The van der Waals surface area contributed by atoms with Gasteiger partial charge in [-0.15, -0.1) is 0 Å². The van der Waals surface area contributed by atoms with E-state index in [1.807, 2.05) is 18.2 Å². The van der Waals surface area contributed by atoms with Gasteiger partial charge in [-0.2, -0.15) is 0 Å². The molecule has 0 unspecified atom stereocenters. The molecule has 0 aliphatic rings. The Morgan fingerprint density at radius 2 is 1.82 bits per heavy atom. The molecular weight excluding hydrogens is 345 g/mol. The summed E-state index contributed by atoms with van der Waals surface area (Å²) in [6.07, 6.45) is 0.905. The Morgan fingerprint density at radius 3 is 2.55 bits per heavy atom. The maximum atomic E-state index is 11.9. The van der Waals surface area contributed by atoms with Crippen molar-refractivity contribution in [2.45, 2.75) is 13.3 Å². The van der Waals surface area contributed by atoms with Gasteiger partial charge in [-0.1, -0.05) is 53.9 Å². The first kappa shape index (κ1) is 16.9. The van der Waals surface area contributed by atoms with E-state index in [1.165, 1.54) is 12.1 Å². The van der Waals surface area contributed by atoms with Crippen LogP contribution in [0, 0.1) is 0 Å². The maximum Gasteiger partial charge on any atom is 0.262 e. The lowest BCUT2D eigenvalue weighted by Gasteiger charge is -2.10. The number of amides is 1. The summed E-state index contributed by atoms with van der Waals surface area (Å²) in [5, 5.41) is 3.60. The molecular formula is C16H14Cl3NO2. The van der Waals surface area contributed by atoms with E-state index in [0.717, 1.165) is 12.0 Å². The number of halogens is 3. The first-order valence-corrected chi connectivity index (χ1v) is 7.79. The molecule has 0 bridgehead atoms. The lowest BCUT2D eigenvalue weighted by molar-refractivity contribution is -0.118. The fourth-order valence-electron chi connectivity index (χ4n) is 1.81. The predicted octanol–water partition coefficient (Wildman–Crippen LogP) is 5.23. The summed E-state index contributed by atoms with van der Waals surface area (Å²) >= 11 is 17.7. The Hall–Kier alpha value is -1.42. The molecule has 0 atom stereocenters. The van der Waals surface area contributed by atoms with Gasteiger partial charge in [-0.3, -0.25) is 4.79 Å². The summed E-state index contributed by atoms with van der Waals surface area (Å²) in [5.41, 5.74) is 1.54. The van der Waals surface area contributed by atoms with Crippen molar-refractivity contribution in [1.29, 1.82) is 0 Å². The molecule has 2 aromatic rings. The van der Waals surface area contributed by atoms with Crippen LogP contribution < -0.4 is 10.1 Å². The zero-order chi connectivity index (χ0) is 16.1. The standard InChI is InChI=1S/C16H14Cl3NO2/c1-2-10-4-3-5-11(6-10)22-9-16(21)20-15-8-13(18)12(17)7-14(15)19/h3-8H,2,9H2,1H3,(H,20,21). The van der Waals surface area contributed by atoms with Gasteiger partial charge in [0.05, 0.1) is 20.8 Å². The molecule has 0 saturated heterocycles. The van der Waals surface area contributed by atoms with Crippen molar-refractivity contribution in [2.24, 2.45) is 0 Å². The number of carbonyl (C=O) groups is 1. The zero-order valence-corrected chi connectivity index (χ0v) is 14.1. The first-order chi connectivity index (χ1) is 10.5. The van der Waals surface area contributed by atoms with E-state index in [-0.39, 0.29) is 12.5 Å². The van der Waals surface area contributed by atoms with Crippen molar-refractivity contribution in [3.63, 3.8) is 0 Å². The normalized spacial score (nSPS) is 10.4. The third kappa shape index (κ3) is 4.54. The Labute approximate surface area is 144 Å². The Balaban J connectivity index is 1.97. The zero-order valence-electron chi connectivity index (χ0n) is 11.8. The molecule has 22 heavy (non-hydrogen) atoms. The third-order valence-electron chi connectivity index (χ3n) is 2.96. The fourth-order valence-corrected chi connectivity index (χ4v) is 2.40. The molecule has 0 aliphatic carbocycles. The number of anilines is 1. The second kappa shape index (κ2) is 7.73. The van der Waals surface area contributed by atoms with Crippen LogP contribution in [-0.2, 0) is 11.2 Å². The predicted molar refractivity (Wildman–Crippen MR) is 91.4 cm³/mol. The number of rotatable bonds is 5. The first-order valence-electron chi connectivity index (χ1n) is 6.65. The van der Waals surface area contributed by atoms with Crippen LogP contribution in [0.2, 0.25) is 15.1 Å². The van der Waals surface area contributed by atoms with Crippen molar-refractivity contribution < 1.29 is 9.53 Å². The van der Waals surface area contributed by atoms with Crippen LogP contribution >= 0.6 is 34.8 Å². The molecule has 2 rings (SSSR count). The number of hydrogen-bond donors (Lipinski definition) is 1. The van der Waals surface area contributed by atoms with Crippen molar-refractivity contribution in [2.75, 3.05) is 11.9 Å². The molecule has 0 spiro atoms. The van der Waals surface area contributed by atoms with E-state index in [9.17, 15) is 4.79 Å². The minimum absolute atomic E-state index is 0.121. The number of benzene rings is 2. The maximum absolute atomic E-state index is 11.9. The van der Waals surface area contributed by atoms with E-state index in [1.54, 1.807) is 6.07 Å². The monoisotopic (exact) mass is 357 g/mol. The molecule has 3 nitrogen and oxygen atoms in total. The summed E-state index contributed by atoms with van der Waals surface area (Å²) < 4.78 is 5.46. The second-order valence-electron chi connectivity index (χ2n) is 4.58. The number of hydrogen-bond acceptors (Lipinski definition) is 2. The van der Waals surface area contributed by atoms with E-state index < -0.39 is 0 Å². The fraction of sp³-hybridized carbons (Fsp3) is 0.188. The number of carbonyl (C=O) groups excluding carboxylic acids is 1. The summed E-state index contributed by atoms with van der Waals surface area (Å²) in [4.78, 5) is 11.9. The lowest BCUT2D eigenvalue weighted by atomic mass is 10.2. The molecule has 0 aromatic heterocycles. The minimum atomic E-state index is -0.331. The van der Waals surface area contributed by atoms with Crippen molar-refractivity contribution >= 4 is 46.4 Å². The third-order valence-corrected chi connectivity index (χ3v) is 4.00. The van der Waals surface area contributed by atoms with Gasteiger partial charge in [-0.05, 0) is 36.2 Å². The van der Waals surface area contributed by atoms with Crippen LogP contribution in [0.4, 0.5) is 5.69 Å². The van der Waals surface area contributed by atoms with Crippen LogP contribution in [0.3, 0.4) is 0 Å². The van der Waals surface area contributed by atoms with Crippen LogP contribution in [0.25, 0.3) is 0 Å². The lowest BCUT2D eigenvalue weighted by Crippen LogP contribution is -2.20. The molecule has 6 heteroatoms. The van der Waals surface area contributed by atoms with Gasteiger partial charge in [0.15, 0.2) is 6.61 Å². The highest BCUT2D eigenvalue weighted by Crippen LogP contribution is 2.32. The van der Waals surface area contributed by atoms with Crippen LogP contribution in [-0.4, -0.2) is 12.5 Å². The molecule has 0 heterocycles. The van der Waals surface area contributed by atoms with Crippen molar-refractivity contribution in [3.8, 4) is 5.75 Å². The summed E-state index contributed by atoms with van der Waals surface area (Å²) in [5.74, 6) is 0.317. The highest BCUT2D eigenvalue weighted by atomic mass is 35.5. The van der Waals surface area contributed by atoms with Gasteiger partial charge in [0.1, 0.15) is 5.75 Å². The molecule has 0 fully saturated rings. The average Bonchev–Trinajstić information content (AvgIpc) is 2.51. The van der Waals surface area contributed by atoms with E-state index in [0.29, 0.717) is 26.5 Å². The molecule has 1 N–H and O–H groups in total. The topological polar surface area (TPSA) is 38.3 Å². The molecule has 0 aliphatic heterocycles. The van der Waals surface area contributed by atoms with Gasteiger partial charge < -0.3 is 10.1 Å². The van der Waals surface area contributed by atoms with E-state index in [4.69, 9.17) is 39.5 Å². The Bertz CT molecular complexity index is 689. The average molecular weight is 359 g/mol. The van der Waals surface area contributed by atoms with E-state index in [2.05, 4.69) is 12.2 Å². The molecule has 1 amide bonds. The number of aryl methyl sites for hydroxylation is 1. The van der Waals surface area contributed by atoms with Crippen LogP contribution in [0.5, 0.6) is 5.75 Å². The molecule has 0 saturated carbocycles. The second-order valence-corrected chi connectivity index (χ2v) is 5.81. The Kier molecular flexibility index (Phi) is 5.95. The van der Waals surface area contributed by atoms with Gasteiger partial charge in [0.2, 0.25) is 0 Å². The molecule has 116 valence electrons. The van der Waals surface area contributed by atoms with Crippen molar-refractivity contribution in [3.05, 3.63) is 57.0 Å². The quantitative estimate of drug-likeness (QED) is 0.743. The highest BCUT2D eigenvalue weighted by Gasteiger charge is 2.10. The van der Waals surface area contributed by atoms with Crippen LogP contribution in [0.15, 0.2) is 36.4 Å². The summed E-state index contributed by atoms with van der Waals surface area (Å²) in [6, 6.07) is 10.6. The summed E-state index contributed by atoms with van der Waals surface area (Å²) in [7, 11) is 0. The Morgan fingerprint density at radius 1 is 1.09 bits per heavy atom. The SMILES string of the molecule is CCc1cccc(OCC(=O)Nc2cc(Cl)c(Cl)cc2Cl)c1. The molecule has 0 radical (unpaired) electrons. The minimum Gasteiger partial charge on any atom is -0.484 e. The van der Waals surface area contributed by atoms with Gasteiger partial charge in [0, 0.05) is 0 Å². The van der Waals surface area contributed by atoms with Gasteiger partial charge in [-0.25, -0.2) is 0 Å². The largest absolute Gasteiger partial charge is 0.484 e. The van der Waals surface area contributed by atoms with Crippen LogP contribution in [0.1, 0.15) is 12.5 Å². The van der Waals surface area contributed by atoms with Gasteiger partial charge in [0.25, 0.3) is 5.91 Å². The number of nitrogens with one attached hydrogen (secondary N) is 1. The molecule has 2 aromatic carbocycles. The smallest absolute Gasteiger partial charge is 0.262 e. The van der Waals surface area contributed by atoms with Gasteiger partial charge >= 0.3 is 0 Å². The van der Waals surface area contributed by atoms with Crippen molar-refractivity contribution in [1.82, 2.24) is 0 Å². The van der Waals surface area contributed by atoms with E-state index >= 15 is 0 Å².